The number of carbonyl (C=O) groups excluding carboxylic acids is 2. The predicted octanol–water partition coefficient (Wildman–Crippen LogP) is 4.08. The SMILES string of the molecule is CCOc1c(Cl)cc(CNC(=O)c2[nH]c(C)c(C(C)=O)c2CC)cc1OC. The van der Waals surface area contributed by atoms with E-state index in [1.54, 1.807) is 19.1 Å². The second-order valence-electron chi connectivity index (χ2n) is 6.11. The standard InChI is InChI=1S/C20H25ClN2O4/c1-6-14-17(12(4)24)11(3)23-18(14)20(25)22-10-13-8-15(21)19(27-7-2)16(9-13)26-5/h8-9,23H,6-7,10H2,1-5H3,(H,22,25). The van der Waals surface area contributed by atoms with Gasteiger partial charge in [-0.25, -0.2) is 0 Å². The quantitative estimate of drug-likeness (QED) is 0.663. The van der Waals surface area contributed by atoms with Crippen molar-refractivity contribution in [3.63, 3.8) is 0 Å². The molecule has 1 amide bonds. The molecule has 2 rings (SSSR count). The number of benzene rings is 1. The van der Waals surface area contributed by atoms with Crippen LogP contribution in [0.4, 0.5) is 0 Å². The van der Waals surface area contributed by atoms with E-state index < -0.39 is 0 Å². The van der Waals surface area contributed by atoms with E-state index in [-0.39, 0.29) is 18.2 Å². The number of aromatic amines is 1. The number of H-pyrrole nitrogens is 1. The highest BCUT2D eigenvalue weighted by Gasteiger charge is 2.21. The molecule has 0 saturated heterocycles. The van der Waals surface area contributed by atoms with E-state index in [0.717, 1.165) is 11.1 Å². The Morgan fingerprint density at radius 1 is 1.26 bits per heavy atom. The van der Waals surface area contributed by atoms with Gasteiger partial charge < -0.3 is 19.8 Å². The summed E-state index contributed by atoms with van der Waals surface area (Å²) in [6.45, 7) is 7.81. The van der Waals surface area contributed by atoms with Crippen molar-refractivity contribution in [2.75, 3.05) is 13.7 Å². The Morgan fingerprint density at radius 2 is 1.96 bits per heavy atom. The van der Waals surface area contributed by atoms with Crippen LogP contribution in [0.15, 0.2) is 12.1 Å². The van der Waals surface area contributed by atoms with Crippen molar-refractivity contribution in [2.45, 2.75) is 40.7 Å². The lowest BCUT2D eigenvalue weighted by Gasteiger charge is -2.13. The average molecular weight is 393 g/mol. The largest absolute Gasteiger partial charge is 0.493 e. The van der Waals surface area contributed by atoms with Crippen LogP contribution in [0.3, 0.4) is 0 Å². The van der Waals surface area contributed by atoms with Gasteiger partial charge in [-0.15, -0.1) is 0 Å². The number of Topliss-reactive ketones (excluding diaryl/α,β-unsaturated/α-hetero) is 1. The normalized spacial score (nSPS) is 10.6. The third-order valence-corrected chi connectivity index (χ3v) is 4.54. The minimum atomic E-state index is -0.272. The lowest BCUT2D eigenvalue weighted by molar-refractivity contribution is 0.0945. The van der Waals surface area contributed by atoms with Gasteiger partial charge in [0.15, 0.2) is 17.3 Å². The third kappa shape index (κ3) is 4.45. The van der Waals surface area contributed by atoms with Crippen LogP contribution in [0.25, 0.3) is 0 Å². The lowest BCUT2D eigenvalue weighted by atomic mass is 10.0. The topological polar surface area (TPSA) is 80.4 Å². The van der Waals surface area contributed by atoms with Gasteiger partial charge in [0.25, 0.3) is 5.91 Å². The molecule has 0 radical (unpaired) electrons. The molecule has 1 aromatic carbocycles. The van der Waals surface area contributed by atoms with Gasteiger partial charge in [-0.05, 0) is 50.5 Å². The summed E-state index contributed by atoms with van der Waals surface area (Å²) in [6.07, 6.45) is 0.588. The number of rotatable bonds is 8. The van der Waals surface area contributed by atoms with Gasteiger partial charge in [-0.3, -0.25) is 9.59 Å². The van der Waals surface area contributed by atoms with Crippen LogP contribution in [-0.2, 0) is 13.0 Å². The maximum absolute atomic E-state index is 12.7. The number of aromatic nitrogens is 1. The van der Waals surface area contributed by atoms with E-state index in [0.29, 0.717) is 46.5 Å². The van der Waals surface area contributed by atoms with Crippen LogP contribution >= 0.6 is 11.6 Å². The van der Waals surface area contributed by atoms with Crippen molar-refractivity contribution in [2.24, 2.45) is 0 Å². The molecule has 27 heavy (non-hydrogen) atoms. The number of methoxy groups -OCH3 is 1. The fraction of sp³-hybridized carbons (Fsp3) is 0.400. The first kappa shape index (κ1) is 20.8. The summed E-state index contributed by atoms with van der Waals surface area (Å²) >= 11 is 6.27. The molecule has 0 saturated carbocycles. The fourth-order valence-corrected chi connectivity index (χ4v) is 3.42. The van der Waals surface area contributed by atoms with Gasteiger partial charge in [0.05, 0.1) is 18.7 Å². The fourth-order valence-electron chi connectivity index (χ4n) is 3.13. The maximum Gasteiger partial charge on any atom is 0.268 e. The Morgan fingerprint density at radius 3 is 2.52 bits per heavy atom. The van der Waals surface area contributed by atoms with Crippen molar-refractivity contribution in [1.29, 1.82) is 0 Å². The number of hydrogen-bond donors (Lipinski definition) is 2. The van der Waals surface area contributed by atoms with Crippen molar-refractivity contribution in [3.8, 4) is 11.5 Å². The van der Waals surface area contributed by atoms with Crippen LogP contribution in [0, 0.1) is 6.92 Å². The summed E-state index contributed by atoms with van der Waals surface area (Å²) in [5.41, 5.74) is 3.23. The first-order valence-corrected chi connectivity index (χ1v) is 9.21. The summed E-state index contributed by atoms with van der Waals surface area (Å²) in [4.78, 5) is 27.6. The lowest BCUT2D eigenvalue weighted by Crippen LogP contribution is -2.24. The van der Waals surface area contributed by atoms with Crippen LogP contribution in [0.5, 0.6) is 11.5 Å². The van der Waals surface area contributed by atoms with E-state index >= 15 is 0 Å². The summed E-state index contributed by atoms with van der Waals surface area (Å²) < 4.78 is 10.8. The van der Waals surface area contributed by atoms with Gasteiger partial charge in [-0.1, -0.05) is 18.5 Å². The number of hydrogen-bond acceptors (Lipinski definition) is 4. The molecule has 0 bridgehead atoms. The number of carbonyl (C=O) groups is 2. The van der Waals surface area contributed by atoms with E-state index in [9.17, 15) is 9.59 Å². The van der Waals surface area contributed by atoms with Crippen molar-refractivity contribution >= 4 is 23.3 Å². The average Bonchev–Trinajstić information content (AvgIpc) is 2.98. The van der Waals surface area contributed by atoms with E-state index in [1.807, 2.05) is 13.8 Å². The molecule has 1 aromatic heterocycles. The second-order valence-corrected chi connectivity index (χ2v) is 6.52. The Labute approximate surface area is 164 Å². The second kappa shape index (κ2) is 8.95. The van der Waals surface area contributed by atoms with Crippen LogP contribution in [-0.4, -0.2) is 30.4 Å². The zero-order valence-electron chi connectivity index (χ0n) is 16.3. The number of aryl methyl sites for hydroxylation is 1. The first-order valence-electron chi connectivity index (χ1n) is 8.83. The highest BCUT2D eigenvalue weighted by Crippen LogP contribution is 2.36. The van der Waals surface area contributed by atoms with E-state index in [1.165, 1.54) is 14.0 Å². The maximum atomic E-state index is 12.7. The molecular weight excluding hydrogens is 368 g/mol. The Hall–Kier alpha value is -2.47. The summed E-state index contributed by atoms with van der Waals surface area (Å²) in [5, 5.41) is 3.28. The van der Waals surface area contributed by atoms with Gasteiger partial charge in [0.2, 0.25) is 0 Å². The third-order valence-electron chi connectivity index (χ3n) is 4.25. The number of nitrogens with one attached hydrogen (secondary N) is 2. The molecular formula is C20H25ClN2O4. The molecule has 2 aromatic rings. The molecule has 0 atom stereocenters. The highest BCUT2D eigenvalue weighted by atomic mass is 35.5. The van der Waals surface area contributed by atoms with Crippen LogP contribution in [0.2, 0.25) is 5.02 Å². The Balaban J connectivity index is 2.22. The number of halogens is 1. The van der Waals surface area contributed by atoms with Gasteiger partial charge >= 0.3 is 0 Å². The Bertz CT molecular complexity index is 858. The highest BCUT2D eigenvalue weighted by molar-refractivity contribution is 6.32. The van der Waals surface area contributed by atoms with Gasteiger partial charge in [0.1, 0.15) is 5.69 Å². The van der Waals surface area contributed by atoms with Gasteiger partial charge in [-0.2, -0.15) is 0 Å². The number of ether oxygens (including phenoxy) is 2. The minimum absolute atomic E-state index is 0.0531. The van der Waals surface area contributed by atoms with Gasteiger partial charge in [0, 0.05) is 17.8 Å². The summed E-state index contributed by atoms with van der Waals surface area (Å²) in [6, 6.07) is 3.51. The predicted molar refractivity (Wildman–Crippen MR) is 105 cm³/mol. The molecule has 146 valence electrons. The zero-order chi connectivity index (χ0) is 20.1. The summed E-state index contributed by atoms with van der Waals surface area (Å²) in [7, 11) is 1.54. The van der Waals surface area contributed by atoms with Crippen LogP contribution in [0.1, 0.15) is 58.4 Å². The van der Waals surface area contributed by atoms with Crippen LogP contribution < -0.4 is 14.8 Å². The number of ketones is 1. The molecule has 0 aliphatic carbocycles. The molecule has 6 nitrogen and oxygen atoms in total. The number of amides is 1. The minimum Gasteiger partial charge on any atom is -0.493 e. The van der Waals surface area contributed by atoms with Crippen molar-refractivity contribution in [3.05, 3.63) is 45.2 Å². The molecule has 2 N–H and O–H groups in total. The Kier molecular flexibility index (Phi) is 6.91. The van der Waals surface area contributed by atoms with Crippen molar-refractivity contribution in [1.82, 2.24) is 10.3 Å². The summed E-state index contributed by atoms with van der Waals surface area (Å²) in [5.74, 6) is 0.669. The molecule has 0 aliphatic rings. The molecule has 7 heteroatoms. The monoisotopic (exact) mass is 392 g/mol. The zero-order valence-corrected chi connectivity index (χ0v) is 17.0. The molecule has 0 spiro atoms. The van der Waals surface area contributed by atoms with Crippen molar-refractivity contribution < 1.29 is 19.1 Å². The molecule has 0 aliphatic heterocycles. The molecule has 0 unspecified atom stereocenters. The first-order chi connectivity index (χ1) is 12.8. The molecule has 0 fully saturated rings. The smallest absolute Gasteiger partial charge is 0.268 e. The van der Waals surface area contributed by atoms with E-state index in [2.05, 4.69) is 10.3 Å². The van der Waals surface area contributed by atoms with E-state index in [4.69, 9.17) is 21.1 Å². The molecule has 1 heterocycles.